The third-order valence-corrected chi connectivity index (χ3v) is 6.04. The maximum absolute atomic E-state index is 13.9. The number of hydrogen-bond donors (Lipinski definition) is 0. The Labute approximate surface area is 220 Å². The molecule has 0 bridgehead atoms. The van der Waals surface area contributed by atoms with Gasteiger partial charge in [-0.05, 0) is 30.2 Å². The van der Waals surface area contributed by atoms with Crippen LogP contribution in [0, 0.1) is 5.92 Å². The second kappa shape index (κ2) is 11.2. The molecule has 0 N–H and O–H groups in total. The number of rotatable bonds is 8. The van der Waals surface area contributed by atoms with Gasteiger partial charge in [0, 0.05) is 35.3 Å². The van der Waals surface area contributed by atoms with Crippen LogP contribution in [0.3, 0.4) is 0 Å². The highest BCUT2D eigenvalue weighted by Gasteiger charge is 2.39. The molecule has 10 heteroatoms. The van der Waals surface area contributed by atoms with Crippen molar-refractivity contribution in [3.05, 3.63) is 64.6 Å². The van der Waals surface area contributed by atoms with Crippen molar-refractivity contribution in [3.8, 4) is 17.4 Å². The lowest BCUT2D eigenvalue weighted by Gasteiger charge is -2.26. The maximum Gasteiger partial charge on any atom is 0.313 e. The molecule has 196 valence electrons. The Kier molecular flexibility index (Phi) is 8.04. The van der Waals surface area contributed by atoms with Gasteiger partial charge in [0.05, 0.1) is 20.6 Å². The molecular formula is C27H29ClN2O7. The Morgan fingerprint density at radius 1 is 1.16 bits per heavy atom. The number of carbonyl (C=O) groups is 2. The van der Waals surface area contributed by atoms with Crippen LogP contribution in [0.4, 0.5) is 5.69 Å². The number of hydrogen-bond acceptors (Lipinski definition) is 8. The summed E-state index contributed by atoms with van der Waals surface area (Å²) in [4.78, 5) is 31.1. The molecule has 2 atom stereocenters. The normalized spacial score (nSPS) is 17.4. The monoisotopic (exact) mass is 528 g/mol. The van der Waals surface area contributed by atoms with E-state index in [1.54, 1.807) is 37.3 Å². The first-order chi connectivity index (χ1) is 17.7. The number of oxazole rings is 1. The third kappa shape index (κ3) is 5.73. The summed E-state index contributed by atoms with van der Waals surface area (Å²) in [5, 5.41) is 0.503. The molecule has 0 saturated heterocycles. The number of nitrogens with zero attached hydrogens (tertiary/aromatic N) is 2. The number of ether oxygens (including phenoxy) is 4. The van der Waals surface area contributed by atoms with Crippen LogP contribution in [0.25, 0.3) is 0 Å². The molecule has 9 nitrogen and oxygen atoms in total. The zero-order valence-electron chi connectivity index (χ0n) is 21.3. The highest BCUT2D eigenvalue weighted by Crippen LogP contribution is 2.45. The minimum atomic E-state index is -0.977. The lowest BCUT2D eigenvalue weighted by atomic mass is 9.97. The van der Waals surface area contributed by atoms with E-state index in [0.29, 0.717) is 39.9 Å². The molecule has 3 aromatic rings. The molecular weight excluding hydrogens is 500 g/mol. The van der Waals surface area contributed by atoms with Crippen LogP contribution in [0.15, 0.2) is 47.0 Å². The molecule has 0 saturated carbocycles. The van der Waals surface area contributed by atoms with Gasteiger partial charge in [-0.3, -0.25) is 9.59 Å². The van der Waals surface area contributed by atoms with E-state index in [4.69, 9.17) is 35.0 Å². The zero-order chi connectivity index (χ0) is 26.7. The molecule has 4 rings (SSSR count). The largest absolute Gasteiger partial charge is 0.493 e. The Balaban J connectivity index is 1.84. The van der Waals surface area contributed by atoms with E-state index >= 15 is 0 Å². The highest BCUT2D eigenvalue weighted by molar-refractivity contribution is 6.30. The van der Waals surface area contributed by atoms with E-state index in [-0.39, 0.29) is 30.1 Å². The van der Waals surface area contributed by atoms with E-state index in [1.807, 2.05) is 32.0 Å². The molecule has 0 radical (unpaired) electrons. The zero-order valence-corrected chi connectivity index (χ0v) is 22.1. The number of esters is 1. The van der Waals surface area contributed by atoms with Gasteiger partial charge in [-0.2, -0.15) is 0 Å². The van der Waals surface area contributed by atoms with Crippen molar-refractivity contribution in [3.63, 3.8) is 0 Å². The van der Waals surface area contributed by atoms with Gasteiger partial charge in [0.2, 0.25) is 5.89 Å². The number of halogens is 1. The first-order valence-corrected chi connectivity index (χ1v) is 12.2. The van der Waals surface area contributed by atoms with E-state index in [2.05, 4.69) is 4.98 Å². The van der Waals surface area contributed by atoms with Crippen LogP contribution < -0.4 is 19.1 Å². The summed E-state index contributed by atoms with van der Waals surface area (Å²) >= 11 is 6.43. The number of anilines is 1. The molecule has 0 aliphatic carbocycles. The molecule has 0 spiro atoms. The van der Waals surface area contributed by atoms with E-state index < -0.39 is 18.2 Å². The predicted octanol–water partition coefficient (Wildman–Crippen LogP) is 4.99. The molecule has 2 aromatic carbocycles. The molecule has 0 fully saturated rings. The summed E-state index contributed by atoms with van der Waals surface area (Å²) in [6.07, 6.45) is -0.400. The van der Waals surface area contributed by atoms with Gasteiger partial charge in [-0.25, -0.2) is 4.98 Å². The van der Waals surface area contributed by atoms with Crippen molar-refractivity contribution in [1.29, 1.82) is 0 Å². The highest BCUT2D eigenvalue weighted by atomic mass is 35.5. The summed E-state index contributed by atoms with van der Waals surface area (Å²) in [6.45, 7) is 5.79. The first kappa shape index (κ1) is 26.5. The predicted molar refractivity (Wildman–Crippen MR) is 136 cm³/mol. The number of fused-ring (bicyclic) bond motifs is 1. The molecule has 37 heavy (non-hydrogen) atoms. The average Bonchev–Trinajstić information content (AvgIpc) is 3.26. The topological polar surface area (TPSA) is 100 Å². The second-order valence-corrected chi connectivity index (χ2v) is 9.44. The lowest BCUT2D eigenvalue weighted by molar-refractivity contribution is -0.134. The van der Waals surface area contributed by atoms with E-state index in [1.165, 1.54) is 13.1 Å². The number of aromatic nitrogens is 1. The number of para-hydroxylation sites is 1. The van der Waals surface area contributed by atoms with Gasteiger partial charge >= 0.3 is 11.9 Å². The minimum absolute atomic E-state index is 0.0131. The fourth-order valence-electron chi connectivity index (χ4n) is 4.35. The van der Waals surface area contributed by atoms with Crippen molar-refractivity contribution < 1.29 is 33.0 Å². The van der Waals surface area contributed by atoms with Crippen molar-refractivity contribution in [1.82, 2.24) is 4.98 Å². The summed E-state index contributed by atoms with van der Waals surface area (Å²) in [5.74, 6) is 0.533. The summed E-state index contributed by atoms with van der Waals surface area (Å²) in [6, 6.07) is 10.9. The van der Waals surface area contributed by atoms with Gasteiger partial charge < -0.3 is 28.3 Å². The fraction of sp³-hybridized carbons (Fsp3) is 0.370. The summed E-state index contributed by atoms with van der Waals surface area (Å²) in [7, 11) is 3.11. The second-order valence-electron chi connectivity index (χ2n) is 9.00. The van der Waals surface area contributed by atoms with Crippen molar-refractivity contribution in [2.24, 2.45) is 5.92 Å². The number of amides is 1. The Morgan fingerprint density at radius 3 is 2.62 bits per heavy atom. The summed E-state index contributed by atoms with van der Waals surface area (Å²) in [5.41, 5.74) is 2.07. The quantitative estimate of drug-likeness (QED) is 0.377. The molecule has 1 aromatic heterocycles. The van der Waals surface area contributed by atoms with Crippen molar-refractivity contribution >= 4 is 29.2 Å². The SMILES string of the molecule is COc1cccc([C@H]2O[C@H](Cc3ncc(OC(C)=O)o3)C(=O)N(CC(C)C)c3ccc(Cl)cc32)c1OC. The Morgan fingerprint density at radius 2 is 1.95 bits per heavy atom. The van der Waals surface area contributed by atoms with Gasteiger partial charge in [-0.1, -0.05) is 37.6 Å². The maximum atomic E-state index is 13.9. The lowest BCUT2D eigenvalue weighted by Crippen LogP contribution is -2.42. The van der Waals surface area contributed by atoms with Crippen LogP contribution in [0.1, 0.15) is 43.9 Å². The van der Waals surface area contributed by atoms with Crippen LogP contribution in [-0.4, -0.2) is 43.7 Å². The Bertz CT molecular complexity index is 1290. The minimum Gasteiger partial charge on any atom is -0.493 e. The summed E-state index contributed by atoms with van der Waals surface area (Å²) < 4.78 is 28.3. The molecule has 0 unspecified atom stereocenters. The fourth-order valence-corrected chi connectivity index (χ4v) is 4.53. The standard InChI is InChI=1S/C27H29ClN2O7/c1-15(2)14-30-20-10-9-17(28)11-19(20)25(18-7-6-8-21(33-4)26(18)34-5)36-22(27(30)32)12-23-29-13-24(37-23)35-16(3)31/h6-11,13,15,22,25H,12,14H2,1-5H3/t22-,25-/m1/s1. The number of methoxy groups -OCH3 is 2. The van der Waals surface area contributed by atoms with Crippen LogP contribution >= 0.6 is 11.6 Å². The van der Waals surface area contributed by atoms with Gasteiger partial charge in [0.25, 0.3) is 5.91 Å². The van der Waals surface area contributed by atoms with E-state index in [0.717, 1.165) is 0 Å². The van der Waals surface area contributed by atoms with E-state index in [9.17, 15) is 9.59 Å². The Hall–Kier alpha value is -3.56. The number of carbonyl (C=O) groups excluding carboxylic acids is 2. The van der Waals surface area contributed by atoms with Crippen LogP contribution in [-0.2, 0) is 20.7 Å². The van der Waals surface area contributed by atoms with Gasteiger partial charge in [0.1, 0.15) is 18.4 Å². The van der Waals surface area contributed by atoms with Gasteiger partial charge in [-0.15, -0.1) is 0 Å². The van der Waals surface area contributed by atoms with Crippen LogP contribution in [0.5, 0.6) is 17.4 Å². The smallest absolute Gasteiger partial charge is 0.313 e. The van der Waals surface area contributed by atoms with Crippen LogP contribution in [0.2, 0.25) is 5.02 Å². The third-order valence-electron chi connectivity index (χ3n) is 5.80. The molecule has 1 aliphatic heterocycles. The average molecular weight is 529 g/mol. The molecule has 1 amide bonds. The van der Waals surface area contributed by atoms with Crippen molar-refractivity contribution in [2.75, 3.05) is 25.7 Å². The molecule has 2 heterocycles. The van der Waals surface area contributed by atoms with Crippen molar-refractivity contribution in [2.45, 2.75) is 39.4 Å². The number of benzene rings is 2. The molecule has 1 aliphatic rings. The first-order valence-electron chi connectivity index (χ1n) is 11.8. The van der Waals surface area contributed by atoms with Gasteiger partial charge in [0.15, 0.2) is 11.5 Å².